The molecule has 0 aromatic rings. The molecule has 0 spiro atoms. The first-order chi connectivity index (χ1) is 16.0. The molecule has 0 radical (unpaired) electrons. The number of nitrogens with zero attached hydrogens (tertiary/aromatic N) is 1. The zero-order valence-corrected chi connectivity index (χ0v) is 23.8. The van der Waals surface area contributed by atoms with Gasteiger partial charge in [0, 0.05) is 0 Å². The van der Waals surface area contributed by atoms with E-state index in [9.17, 15) is 19.5 Å². The molecule has 0 aliphatic carbocycles. The van der Waals surface area contributed by atoms with Crippen LogP contribution in [0, 0.1) is 0 Å². The average Bonchev–Trinajstić information content (AvgIpc) is 2.73. The molecule has 0 bridgehead atoms. The van der Waals surface area contributed by atoms with Crippen LogP contribution in [0.2, 0.25) is 0 Å². The molecule has 1 atom stereocenters. The molecule has 0 heterocycles. The van der Waals surface area contributed by atoms with Gasteiger partial charge in [0.05, 0.1) is 21.1 Å². The van der Waals surface area contributed by atoms with Gasteiger partial charge in [-0.3, -0.25) is 4.57 Å². The van der Waals surface area contributed by atoms with E-state index in [2.05, 4.69) is 31.2 Å². The highest BCUT2D eigenvalue weighted by Gasteiger charge is 2.48. The van der Waals surface area contributed by atoms with E-state index < -0.39 is 12.9 Å². The molecule has 0 aromatic heterocycles. The molecule has 34 heavy (non-hydrogen) atoms. The van der Waals surface area contributed by atoms with E-state index in [1.165, 1.54) is 83.5 Å². The van der Waals surface area contributed by atoms with Crippen LogP contribution < -0.4 is 0 Å². The summed E-state index contributed by atoms with van der Waals surface area (Å²) in [6.07, 6.45) is 29.8. The van der Waals surface area contributed by atoms with Gasteiger partial charge < -0.3 is 19.4 Å². The lowest BCUT2D eigenvalue weighted by Gasteiger charge is -2.35. The number of quaternary nitrogens is 1. The minimum Gasteiger partial charge on any atom is -0.373 e. The zero-order chi connectivity index (χ0) is 25.8. The number of hydrogen-bond acceptors (Lipinski definition) is 2. The summed E-state index contributed by atoms with van der Waals surface area (Å²) < 4.78 is 12.1. The standard InChI is InChI=1S/C28H56NO4P/c1-5-6-7-8-9-10-11-12-13-14-15-16-17-18-19-20-21-22-23-24-25-26-28(30,34(31,32)33)27-29(2,3)4/h7-8,16-17,30H,5-6,9-15,18-27H2,1-4H3,(H-,31,32,33)/p+1/b8-7-,17-16-. The first-order valence-corrected chi connectivity index (χ1v) is 15.5. The summed E-state index contributed by atoms with van der Waals surface area (Å²) in [5.74, 6) is 0. The predicted molar refractivity (Wildman–Crippen MR) is 147 cm³/mol. The molecule has 202 valence electrons. The minimum atomic E-state index is -4.55. The third kappa shape index (κ3) is 19.8. The number of unbranched alkanes of at least 4 members (excludes halogenated alkanes) is 14. The van der Waals surface area contributed by atoms with Crippen molar-refractivity contribution in [2.45, 2.75) is 128 Å². The smallest absolute Gasteiger partial charge is 0.362 e. The molecular weight excluding hydrogens is 445 g/mol. The van der Waals surface area contributed by atoms with Crippen molar-refractivity contribution in [2.24, 2.45) is 0 Å². The fourth-order valence-electron chi connectivity index (χ4n) is 4.32. The lowest BCUT2D eigenvalue weighted by Crippen LogP contribution is -2.49. The highest BCUT2D eigenvalue weighted by molar-refractivity contribution is 7.53. The Balaban J connectivity index is 3.58. The number of rotatable bonds is 23. The van der Waals surface area contributed by atoms with Gasteiger partial charge in [0.1, 0.15) is 6.54 Å². The molecule has 0 aliphatic rings. The van der Waals surface area contributed by atoms with Crippen LogP contribution in [0.25, 0.3) is 0 Å². The van der Waals surface area contributed by atoms with Gasteiger partial charge in [-0.2, -0.15) is 0 Å². The molecule has 3 N–H and O–H groups in total. The van der Waals surface area contributed by atoms with E-state index >= 15 is 0 Å². The second kappa shape index (κ2) is 19.7. The zero-order valence-electron chi connectivity index (χ0n) is 22.9. The first kappa shape index (κ1) is 33.5. The van der Waals surface area contributed by atoms with Crippen LogP contribution >= 0.6 is 7.60 Å². The van der Waals surface area contributed by atoms with Crippen molar-refractivity contribution in [3.05, 3.63) is 24.3 Å². The first-order valence-electron chi connectivity index (χ1n) is 13.9. The fourth-order valence-corrected chi connectivity index (χ4v) is 5.38. The Labute approximate surface area is 211 Å². The van der Waals surface area contributed by atoms with Crippen LogP contribution in [0.15, 0.2) is 24.3 Å². The number of hydrogen-bond donors (Lipinski definition) is 3. The van der Waals surface area contributed by atoms with E-state index in [0.717, 1.165) is 19.3 Å². The summed E-state index contributed by atoms with van der Waals surface area (Å²) in [5.41, 5.74) is 0. The third-order valence-corrected chi connectivity index (χ3v) is 7.70. The van der Waals surface area contributed by atoms with E-state index in [0.29, 0.717) is 10.9 Å². The molecule has 0 amide bonds. The Bertz CT molecular complexity index is 579. The second-order valence-electron chi connectivity index (χ2n) is 11.1. The monoisotopic (exact) mass is 502 g/mol. The van der Waals surface area contributed by atoms with Crippen molar-refractivity contribution < 1.29 is 23.9 Å². The van der Waals surface area contributed by atoms with Crippen LogP contribution in [-0.4, -0.2) is 52.4 Å². The maximum Gasteiger partial charge on any atom is 0.362 e. The van der Waals surface area contributed by atoms with Crippen LogP contribution in [0.3, 0.4) is 0 Å². The summed E-state index contributed by atoms with van der Waals surface area (Å²) in [4.78, 5) is 19.2. The highest BCUT2D eigenvalue weighted by Crippen LogP contribution is 2.52. The largest absolute Gasteiger partial charge is 0.373 e. The van der Waals surface area contributed by atoms with E-state index in [1.54, 1.807) is 0 Å². The Morgan fingerprint density at radius 1 is 0.647 bits per heavy atom. The summed E-state index contributed by atoms with van der Waals surface area (Å²) in [5, 5.41) is 8.64. The molecule has 0 fully saturated rings. The van der Waals surface area contributed by atoms with E-state index in [4.69, 9.17) is 0 Å². The molecule has 0 saturated heterocycles. The van der Waals surface area contributed by atoms with Crippen molar-refractivity contribution in [1.82, 2.24) is 0 Å². The Hall–Kier alpha value is -0.450. The van der Waals surface area contributed by atoms with Crippen molar-refractivity contribution in [1.29, 1.82) is 0 Å². The van der Waals surface area contributed by atoms with Crippen LogP contribution in [0.4, 0.5) is 0 Å². The summed E-state index contributed by atoms with van der Waals surface area (Å²) >= 11 is 0. The Morgan fingerprint density at radius 2 is 1.00 bits per heavy atom. The molecule has 0 saturated carbocycles. The van der Waals surface area contributed by atoms with Gasteiger partial charge in [-0.1, -0.05) is 89.0 Å². The quantitative estimate of drug-likeness (QED) is 0.0578. The average molecular weight is 503 g/mol. The number of aliphatic hydroxyl groups is 1. The summed E-state index contributed by atoms with van der Waals surface area (Å²) in [6, 6.07) is 0. The van der Waals surface area contributed by atoms with Crippen molar-refractivity contribution in [3.8, 4) is 0 Å². The third-order valence-electron chi connectivity index (χ3n) is 6.25. The van der Waals surface area contributed by atoms with Crippen molar-refractivity contribution >= 4 is 7.60 Å². The molecule has 0 aromatic carbocycles. The minimum absolute atomic E-state index is 0.0573. The number of likely N-dealkylation sites (N-methyl/N-ethyl adjacent to an activating group) is 1. The lowest BCUT2D eigenvalue weighted by atomic mass is 10.0. The predicted octanol–water partition coefficient (Wildman–Crippen LogP) is 7.71. The molecule has 0 rings (SSSR count). The maximum atomic E-state index is 11.8. The van der Waals surface area contributed by atoms with E-state index in [1.807, 2.05) is 21.1 Å². The lowest BCUT2D eigenvalue weighted by molar-refractivity contribution is -0.875. The Kier molecular flexibility index (Phi) is 19.4. The SMILES string of the molecule is CCC/C=C\CCCCCCC/C=C\CCCCCCCCCC(O)(C[N+](C)(C)C)P(=O)(O)O. The van der Waals surface area contributed by atoms with E-state index in [-0.39, 0.29) is 13.0 Å². The van der Waals surface area contributed by atoms with Gasteiger partial charge in [0.2, 0.25) is 5.34 Å². The summed E-state index contributed by atoms with van der Waals surface area (Å²) in [6.45, 7) is 2.28. The van der Waals surface area contributed by atoms with Crippen LogP contribution in [-0.2, 0) is 4.57 Å². The Morgan fingerprint density at radius 3 is 1.35 bits per heavy atom. The van der Waals surface area contributed by atoms with Crippen LogP contribution in [0.1, 0.15) is 122 Å². The van der Waals surface area contributed by atoms with Gasteiger partial charge in [-0.05, 0) is 57.8 Å². The van der Waals surface area contributed by atoms with Crippen LogP contribution in [0.5, 0.6) is 0 Å². The topological polar surface area (TPSA) is 77.8 Å². The van der Waals surface area contributed by atoms with Gasteiger partial charge in [-0.25, -0.2) is 0 Å². The highest BCUT2D eigenvalue weighted by atomic mass is 31.2. The van der Waals surface area contributed by atoms with Gasteiger partial charge in [-0.15, -0.1) is 0 Å². The molecular formula is C28H57NO4P+. The second-order valence-corrected chi connectivity index (χ2v) is 13.0. The number of allylic oxidation sites excluding steroid dienone is 4. The molecule has 1 unspecified atom stereocenters. The molecule has 0 aliphatic heterocycles. The van der Waals surface area contributed by atoms with Gasteiger partial charge in [0.25, 0.3) is 0 Å². The summed E-state index contributed by atoms with van der Waals surface area (Å²) in [7, 11) is 0.969. The van der Waals surface area contributed by atoms with Crippen molar-refractivity contribution in [3.63, 3.8) is 0 Å². The van der Waals surface area contributed by atoms with Crippen molar-refractivity contribution in [2.75, 3.05) is 27.7 Å². The molecule has 5 nitrogen and oxygen atoms in total. The normalized spacial score (nSPS) is 14.9. The fraction of sp³-hybridized carbons (Fsp3) is 0.857. The maximum absolute atomic E-state index is 11.8. The molecule has 6 heteroatoms. The van der Waals surface area contributed by atoms with Gasteiger partial charge >= 0.3 is 7.60 Å². The van der Waals surface area contributed by atoms with Gasteiger partial charge in [0.15, 0.2) is 0 Å².